The average Bonchev–Trinajstić information content (AvgIpc) is 3.41. The first kappa shape index (κ1) is 17.3. The Bertz CT molecular complexity index is 1010. The summed E-state index contributed by atoms with van der Waals surface area (Å²) in [4.78, 5) is 21.8. The number of thiazole rings is 1. The molecule has 0 atom stereocenters. The fourth-order valence-electron chi connectivity index (χ4n) is 2.63. The van der Waals surface area contributed by atoms with Crippen LogP contribution in [-0.2, 0) is 6.42 Å². The van der Waals surface area contributed by atoms with Crippen molar-refractivity contribution in [1.29, 1.82) is 0 Å². The fraction of sp³-hybridized carbons (Fsp3) is 0.158. The Kier molecular flexibility index (Phi) is 5.10. The lowest BCUT2D eigenvalue weighted by molar-refractivity contribution is 0.0960. The summed E-state index contributed by atoms with van der Waals surface area (Å²) in [5.74, 6) is 0.177. The molecule has 0 saturated carbocycles. The normalized spacial score (nSPS) is 11.1. The first-order chi connectivity index (χ1) is 12.7. The van der Waals surface area contributed by atoms with Crippen LogP contribution in [0.15, 0.2) is 63.4 Å². The quantitative estimate of drug-likeness (QED) is 0.397. The van der Waals surface area contributed by atoms with Crippen molar-refractivity contribution in [1.82, 2.24) is 4.98 Å². The third-order valence-corrected chi connectivity index (χ3v) is 6.66. The number of carbonyl (C=O) groups is 1. The van der Waals surface area contributed by atoms with E-state index < -0.39 is 0 Å². The Balaban J connectivity index is 1.68. The second kappa shape index (κ2) is 7.65. The van der Waals surface area contributed by atoms with Gasteiger partial charge in [-0.25, -0.2) is 4.98 Å². The monoisotopic (exact) mass is 400 g/mol. The van der Waals surface area contributed by atoms with Gasteiger partial charge in [-0.2, -0.15) is 0 Å². The van der Waals surface area contributed by atoms with E-state index in [1.165, 1.54) is 16.0 Å². The zero-order valence-electron chi connectivity index (χ0n) is 14.0. The predicted molar refractivity (Wildman–Crippen MR) is 110 cm³/mol. The molecule has 0 unspecified atom stereocenters. The minimum absolute atomic E-state index is 0.157. The van der Waals surface area contributed by atoms with Gasteiger partial charge in [-0.3, -0.25) is 9.69 Å². The molecule has 0 radical (unpaired) electrons. The topological polar surface area (TPSA) is 46.3 Å². The largest absolute Gasteiger partial charge is 0.459 e. The van der Waals surface area contributed by atoms with Crippen molar-refractivity contribution in [3.63, 3.8) is 0 Å². The summed E-state index contributed by atoms with van der Waals surface area (Å²) in [6.07, 6.45) is 4.36. The highest BCUT2D eigenvalue weighted by molar-refractivity contribution is 7.98. The van der Waals surface area contributed by atoms with Gasteiger partial charge in [0, 0.05) is 16.3 Å². The molecule has 0 saturated heterocycles. The molecule has 0 bridgehead atoms. The van der Waals surface area contributed by atoms with Crippen LogP contribution in [0.25, 0.3) is 10.2 Å². The van der Waals surface area contributed by atoms with Gasteiger partial charge in [0.2, 0.25) is 0 Å². The van der Waals surface area contributed by atoms with E-state index in [1.54, 1.807) is 51.5 Å². The van der Waals surface area contributed by atoms with Gasteiger partial charge < -0.3 is 4.42 Å². The Hall–Kier alpha value is -2.09. The van der Waals surface area contributed by atoms with Crippen molar-refractivity contribution in [2.24, 2.45) is 0 Å². The van der Waals surface area contributed by atoms with E-state index in [2.05, 4.69) is 29.8 Å². The van der Waals surface area contributed by atoms with Gasteiger partial charge in [0.25, 0.3) is 5.91 Å². The van der Waals surface area contributed by atoms with Crippen molar-refractivity contribution in [3.8, 4) is 0 Å². The molecule has 1 amide bonds. The van der Waals surface area contributed by atoms with E-state index in [1.807, 2.05) is 12.1 Å². The maximum absolute atomic E-state index is 13.0. The molecule has 0 aliphatic rings. The molecule has 0 aliphatic heterocycles. The minimum Gasteiger partial charge on any atom is -0.459 e. The lowest BCUT2D eigenvalue weighted by Gasteiger charge is -2.18. The number of carbonyl (C=O) groups excluding carboxylic acids is 1. The summed E-state index contributed by atoms with van der Waals surface area (Å²) in [5, 5.41) is 2.76. The Labute approximate surface area is 163 Å². The number of benzene rings is 1. The molecule has 0 spiro atoms. The number of thioether (sulfide) groups is 1. The summed E-state index contributed by atoms with van der Waals surface area (Å²) in [5.41, 5.74) is 0.913. The van der Waals surface area contributed by atoms with Gasteiger partial charge in [-0.15, -0.1) is 23.1 Å². The number of hydrogen-bond acceptors (Lipinski definition) is 6. The second-order valence-electron chi connectivity index (χ2n) is 5.59. The maximum Gasteiger partial charge on any atom is 0.295 e. The van der Waals surface area contributed by atoms with Crippen LogP contribution in [0.3, 0.4) is 0 Å². The number of thiophene rings is 1. The van der Waals surface area contributed by atoms with Gasteiger partial charge in [0.1, 0.15) is 0 Å². The minimum atomic E-state index is -0.157. The maximum atomic E-state index is 13.0. The summed E-state index contributed by atoms with van der Waals surface area (Å²) in [7, 11) is 0. The smallest absolute Gasteiger partial charge is 0.295 e. The van der Waals surface area contributed by atoms with E-state index >= 15 is 0 Å². The van der Waals surface area contributed by atoms with Crippen LogP contribution in [0, 0.1) is 0 Å². The SMILES string of the molecule is CSc1ccc2nc(N(CCc3cccs3)C(=O)c3ccco3)sc2c1. The molecule has 0 fully saturated rings. The second-order valence-corrected chi connectivity index (χ2v) is 8.51. The van der Waals surface area contributed by atoms with Crippen LogP contribution < -0.4 is 4.90 Å². The standard InChI is InChI=1S/C19H16N2O2S3/c1-24-14-6-7-15-17(12-14)26-19(20-15)21(9-8-13-4-3-11-25-13)18(22)16-5-2-10-23-16/h2-7,10-12H,8-9H2,1H3. The van der Waals surface area contributed by atoms with Crippen molar-refractivity contribution >= 4 is 55.7 Å². The number of rotatable bonds is 6. The first-order valence-electron chi connectivity index (χ1n) is 8.07. The van der Waals surface area contributed by atoms with Crippen LogP contribution in [0.4, 0.5) is 5.13 Å². The zero-order chi connectivity index (χ0) is 17.9. The summed E-state index contributed by atoms with van der Waals surface area (Å²) in [6.45, 7) is 0.565. The molecule has 4 rings (SSSR count). The van der Waals surface area contributed by atoms with Crippen molar-refractivity contribution < 1.29 is 9.21 Å². The van der Waals surface area contributed by atoms with Crippen LogP contribution in [0.5, 0.6) is 0 Å². The predicted octanol–water partition coefficient (Wildman–Crippen LogP) is 5.56. The first-order valence-corrected chi connectivity index (χ1v) is 11.0. The van der Waals surface area contributed by atoms with Gasteiger partial charge in [-0.1, -0.05) is 17.4 Å². The van der Waals surface area contributed by atoms with Crippen LogP contribution in [-0.4, -0.2) is 23.7 Å². The Morgan fingerprint density at radius 1 is 1.27 bits per heavy atom. The fourth-order valence-corrected chi connectivity index (χ4v) is 4.87. The van der Waals surface area contributed by atoms with E-state index in [4.69, 9.17) is 9.40 Å². The molecule has 0 N–H and O–H groups in total. The van der Waals surface area contributed by atoms with E-state index in [-0.39, 0.29) is 5.91 Å². The van der Waals surface area contributed by atoms with Gasteiger partial charge >= 0.3 is 0 Å². The molecule has 4 nitrogen and oxygen atoms in total. The highest BCUT2D eigenvalue weighted by Gasteiger charge is 2.23. The summed E-state index contributed by atoms with van der Waals surface area (Å²) >= 11 is 4.94. The molecule has 1 aromatic carbocycles. The van der Waals surface area contributed by atoms with Crippen LogP contribution >= 0.6 is 34.4 Å². The summed E-state index contributed by atoms with van der Waals surface area (Å²) in [6, 6.07) is 13.7. The summed E-state index contributed by atoms with van der Waals surface area (Å²) < 4.78 is 6.41. The Morgan fingerprint density at radius 3 is 2.92 bits per heavy atom. The Morgan fingerprint density at radius 2 is 2.19 bits per heavy atom. The highest BCUT2D eigenvalue weighted by Crippen LogP contribution is 2.32. The van der Waals surface area contributed by atoms with Crippen LogP contribution in [0.2, 0.25) is 0 Å². The number of anilines is 1. The third kappa shape index (κ3) is 3.56. The van der Waals surface area contributed by atoms with Crippen molar-refractivity contribution in [3.05, 3.63) is 64.7 Å². The molecule has 7 heteroatoms. The number of amides is 1. The highest BCUT2D eigenvalue weighted by atomic mass is 32.2. The number of fused-ring (bicyclic) bond motifs is 1. The number of furan rings is 1. The molecule has 132 valence electrons. The zero-order valence-corrected chi connectivity index (χ0v) is 16.5. The molecular formula is C19H16N2O2S3. The van der Waals surface area contributed by atoms with Gasteiger partial charge in [-0.05, 0) is 54.5 Å². The number of nitrogens with zero attached hydrogens (tertiary/aromatic N) is 2. The molecule has 3 aromatic heterocycles. The van der Waals surface area contributed by atoms with E-state index in [0.717, 1.165) is 16.6 Å². The lowest BCUT2D eigenvalue weighted by atomic mass is 10.3. The molecule has 3 heterocycles. The third-order valence-electron chi connectivity index (χ3n) is 3.95. The van der Waals surface area contributed by atoms with E-state index in [0.29, 0.717) is 17.4 Å². The number of hydrogen-bond donors (Lipinski definition) is 0. The molecule has 4 aromatic rings. The average molecular weight is 401 g/mol. The lowest BCUT2D eigenvalue weighted by Crippen LogP contribution is -2.32. The van der Waals surface area contributed by atoms with E-state index in [9.17, 15) is 4.79 Å². The van der Waals surface area contributed by atoms with Crippen molar-refractivity contribution in [2.75, 3.05) is 17.7 Å². The van der Waals surface area contributed by atoms with Crippen molar-refractivity contribution in [2.45, 2.75) is 11.3 Å². The molecular weight excluding hydrogens is 384 g/mol. The molecule has 26 heavy (non-hydrogen) atoms. The van der Waals surface area contributed by atoms with Gasteiger partial charge in [0.15, 0.2) is 10.9 Å². The molecule has 0 aliphatic carbocycles. The number of aromatic nitrogens is 1. The van der Waals surface area contributed by atoms with Gasteiger partial charge in [0.05, 0.1) is 16.5 Å². The van der Waals surface area contributed by atoms with Crippen LogP contribution in [0.1, 0.15) is 15.4 Å².